The normalized spacial score (nSPS) is 9.67. The zero-order valence-electron chi connectivity index (χ0n) is 2.83. The van der Waals surface area contributed by atoms with Crippen molar-refractivity contribution in [2.24, 2.45) is 0 Å². The Morgan fingerprint density at radius 3 is 1.17 bits per heavy atom. The second kappa shape index (κ2) is 3.13. The Morgan fingerprint density at radius 1 is 1.17 bits per heavy atom. The van der Waals surface area contributed by atoms with Crippen molar-refractivity contribution in [1.82, 2.24) is 0 Å². The van der Waals surface area contributed by atoms with Gasteiger partial charge in [-0.1, -0.05) is 0 Å². The maximum atomic E-state index is 8.85. The summed E-state index contributed by atoms with van der Waals surface area (Å²) in [6, 6.07) is 0. The molecular weight excluding hydrogens is 216 g/mol. The number of rotatable bonds is 0. The summed E-state index contributed by atoms with van der Waals surface area (Å²) in [7, 11) is 0. The molecule has 4 nitrogen and oxygen atoms in total. The molecule has 6 heavy (non-hydrogen) atoms. The van der Waals surface area contributed by atoms with E-state index in [1.54, 1.807) is 0 Å². The first kappa shape index (κ1) is 10.1. The molecule has 0 aromatic carbocycles. The van der Waals surface area contributed by atoms with Crippen LogP contribution >= 0.6 is 0 Å². The van der Waals surface area contributed by atoms with Gasteiger partial charge in [0.25, 0.3) is 0 Å². The van der Waals surface area contributed by atoms with Crippen LogP contribution < -0.4 is 0 Å². The van der Waals surface area contributed by atoms with Gasteiger partial charge in [-0.05, 0) is 0 Å². The van der Waals surface area contributed by atoms with Crippen LogP contribution in [0.3, 0.4) is 0 Å². The van der Waals surface area contributed by atoms with Crippen LogP contribution in [-0.2, 0) is 6.21 Å². The number of hydrogen-bond acceptors (Lipinski definition) is 2. The summed E-state index contributed by atoms with van der Waals surface area (Å²) in [5.74, 6) is 0. The summed E-state index contributed by atoms with van der Waals surface area (Å²) in [5.41, 5.74) is 0. The Labute approximate surface area is 55.0 Å². The third kappa shape index (κ3) is 72.9. The van der Waals surface area contributed by atoms with Gasteiger partial charge in [-0.3, -0.25) is 0 Å². The molecule has 0 atom stereocenters. The van der Waals surface area contributed by atoms with Gasteiger partial charge in [0.2, 0.25) is 0 Å². The Morgan fingerprint density at radius 2 is 1.17 bits per heavy atom. The molecule has 2 N–H and O–H groups in total. The summed E-state index contributed by atoms with van der Waals surface area (Å²) in [6.45, 7) is 0. The molecule has 0 heterocycles. The number of hydrogen-bond donors (Lipinski definition) is 2. The molecule has 0 aromatic heterocycles. The first-order valence-corrected chi connectivity index (χ1v) is 4.69. The zero-order valence-corrected chi connectivity index (χ0v) is 6.57. The van der Waals surface area contributed by atoms with Crippen LogP contribution in [-0.4, -0.2) is 49.0 Å². The molecular formula is H2MgO4Te. The van der Waals surface area contributed by atoms with E-state index in [0.717, 1.165) is 0 Å². The average molecular weight is 218 g/mol. The van der Waals surface area contributed by atoms with E-state index >= 15 is 0 Å². The minimum absolute atomic E-state index is 0. The van der Waals surface area contributed by atoms with Gasteiger partial charge < -0.3 is 0 Å². The Bertz CT molecular complexity index is 90.7. The summed E-state index contributed by atoms with van der Waals surface area (Å²) in [4.78, 5) is 0. The van der Waals surface area contributed by atoms with Crippen LogP contribution in [0.25, 0.3) is 0 Å². The van der Waals surface area contributed by atoms with Gasteiger partial charge in [0.1, 0.15) is 0 Å². The summed E-state index contributed by atoms with van der Waals surface area (Å²) in [5, 5.41) is 0. The molecule has 0 saturated heterocycles. The molecule has 0 aliphatic heterocycles. The Balaban J connectivity index is 0. The van der Waals surface area contributed by atoms with Crippen LogP contribution in [0.1, 0.15) is 0 Å². The average Bonchev–Trinajstić information content (AvgIpc) is 0.722. The largest absolute Gasteiger partial charge is 0 e. The van der Waals surface area contributed by atoms with E-state index in [1.807, 2.05) is 0 Å². The zero-order chi connectivity index (χ0) is 4.50. The van der Waals surface area contributed by atoms with Crippen LogP contribution in [0.5, 0.6) is 0 Å². The molecule has 0 saturated carbocycles. The monoisotopic (exact) mass is 220 g/mol. The summed E-state index contributed by atoms with van der Waals surface area (Å²) in [6.07, 6.45) is 0. The van der Waals surface area contributed by atoms with Gasteiger partial charge in [-0.25, -0.2) is 0 Å². The molecule has 0 aliphatic carbocycles. The fourth-order valence-corrected chi connectivity index (χ4v) is 0. The van der Waals surface area contributed by atoms with Gasteiger partial charge in [-0.15, -0.1) is 0 Å². The van der Waals surface area contributed by atoms with Gasteiger partial charge in [0.15, 0.2) is 0 Å². The molecule has 6 heteroatoms. The van der Waals surface area contributed by atoms with E-state index < -0.39 is 19.0 Å². The molecule has 34 valence electrons. The molecule has 0 fully saturated rings. The molecule has 0 bridgehead atoms. The van der Waals surface area contributed by atoms with E-state index in [4.69, 9.17) is 13.2 Å². The van der Waals surface area contributed by atoms with Crippen molar-refractivity contribution in [2.45, 2.75) is 0 Å². The van der Waals surface area contributed by atoms with E-state index in [0.29, 0.717) is 0 Å². The van der Waals surface area contributed by atoms with E-state index in [2.05, 4.69) is 0 Å². The fraction of sp³-hybridized carbons (Fsp3) is 0. The van der Waals surface area contributed by atoms with Gasteiger partial charge in [0, 0.05) is 23.1 Å². The third-order valence-electron chi connectivity index (χ3n) is 0. The van der Waals surface area contributed by atoms with Gasteiger partial charge >= 0.3 is 32.1 Å². The SMILES string of the molecule is O=[Te](=O)(O)O.[Mg]. The van der Waals surface area contributed by atoms with E-state index in [1.165, 1.54) is 0 Å². The van der Waals surface area contributed by atoms with Gasteiger partial charge in [-0.2, -0.15) is 0 Å². The molecule has 2 radical (unpaired) electrons. The molecule has 0 aromatic rings. The first-order valence-electron chi connectivity index (χ1n) is 0.698. The van der Waals surface area contributed by atoms with Crippen LogP contribution in [0.2, 0.25) is 0 Å². The predicted molar refractivity (Wildman–Crippen MR) is 17.3 cm³/mol. The van der Waals surface area contributed by atoms with Gasteiger partial charge in [0.05, 0.1) is 0 Å². The second-order valence-corrected chi connectivity index (χ2v) is 3.00. The van der Waals surface area contributed by atoms with Crippen molar-refractivity contribution in [2.75, 3.05) is 0 Å². The van der Waals surface area contributed by atoms with Crippen molar-refractivity contribution in [1.29, 1.82) is 0 Å². The molecule has 0 spiro atoms. The minimum Gasteiger partial charge on any atom is 0 e. The Kier molecular flexibility index (Phi) is 5.28. The summed E-state index contributed by atoms with van der Waals surface area (Å²) < 4.78 is 32.0. The quantitative estimate of drug-likeness (QED) is 0.456. The molecule has 0 amide bonds. The smallest absolute Gasteiger partial charge is 0 e. The minimum atomic E-state index is -5.52. The fourth-order valence-electron chi connectivity index (χ4n) is 0. The maximum Gasteiger partial charge on any atom is 0 e. The standard InChI is InChI=1S/Mg.H2O4Te/c;1-5(2,3)4/h;(H2,1,2,3,4). The topological polar surface area (TPSA) is 74.6 Å². The van der Waals surface area contributed by atoms with Crippen molar-refractivity contribution in [3.05, 3.63) is 0 Å². The molecule has 0 aliphatic rings. The molecule has 0 unspecified atom stereocenters. The van der Waals surface area contributed by atoms with Crippen LogP contribution in [0.4, 0.5) is 0 Å². The van der Waals surface area contributed by atoms with Crippen LogP contribution in [0, 0.1) is 0 Å². The third-order valence-corrected chi connectivity index (χ3v) is 0. The maximum absolute atomic E-state index is 8.85. The molecule has 0 rings (SSSR count). The van der Waals surface area contributed by atoms with E-state index in [-0.39, 0.29) is 23.1 Å². The van der Waals surface area contributed by atoms with Crippen molar-refractivity contribution < 1.29 is 13.2 Å². The first-order chi connectivity index (χ1) is 2.00. The van der Waals surface area contributed by atoms with Crippen LogP contribution in [0.15, 0.2) is 0 Å². The van der Waals surface area contributed by atoms with E-state index in [9.17, 15) is 0 Å². The van der Waals surface area contributed by atoms with Crippen molar-refractivity contribution >= 4 is 42.0 Å². The predicted octanol–water partition coefficient (Wildman–Crippen LogP) is -2.11. The van der Waals surface area contributed by atoms with Crippen molar-refractivity contribution in [3.8, 4) is 0 Å². The summed E-state index contributed by atoms with van der Waals surface area (Å²) >= 11 is -5.52. The second-order valence-electron chi connectivity index (χ2n) is 0.448. The van der Waals surface area contributed by atoms with Crippen molar-refractivity contribution in [3.63, 3.8) is 0 Å². The Hall–Kier alpha value is 1.08.